The smallest absolute Gasteiger partial charge is 0.258 e. The lowest BCUT2D eigenvalue weighted by atomic mass is 10.1. The van der Waals surface area contributed by atoms with Crippen molar-refractivity contribution in [2.45, 2.75) is 20.8 Å². The summed E-state index contributed by atoms with van der Waals surface area (Å²) in [5, 5.41) is 2.78. The summed E-state index contributed by atoms with van der Waals surface area (Å²) in [5.74, 6) is 2.09. The molecule has 0 radical (unpaired) electrons. The average Bonchev–Trinajstić information content (AvgIpc) is 2.61. The van der Waals surface area contributed by atoms with Crippen LogP contribution in [0.15, 0.2) is 36.4 Å². The third kappa shape index (κ3) is 5.71. The monoisotopic (exact) mass is 343 g/mol. The lowest BCUT2D eigenvalue weighted by Crippen LogP contribution is -2.32. The number of ether oxygens (including phenoxy) is 3. The second-order valence-corrected chi connectivity index (χ2v) is 5.87. The van der Waals surface area contributed by atoms with Crippen LogP contribution in [0.25, 0.3) is 0 Å². The summed E-state index contributed by atoms with van der Waals surface area (Å²) in [7, 11) is 1.62. The van der Waals surface area contributed by atoms with Crippen molar-refractivity contribution in [1.82, 2.24) is 5.32 Å². The van der Waals surface area contributed by atoms with Gasteiger partial charge in [-0.2, -0.15) is 0 Å². The van der Waals surface area contributed by atoms with Gasteiger partial charge in [0.05, 0.1) is 13.7 Å². The Morgan fingerprint density at radius 1 is 1.00 bits per heavy atom. The first-order valence-corrected chi connectivity index (χ1v) is 8.24. The molecule has 0 aliphatic carbocycles. The van der Waals surface area contributed by atoms with Gasteiger partial charge in [0.25, 0.3) is 5.91 Å². The quantitative estimate of drug-likeness (QED) is 0.748. The molecule has 134 valence electrons. The van der Waals surface area contributed by atoms with Crippen molar-refractivity contribution in [2.75, 3.05) is 26.9 Å². The van der Waals surface area contributed by atoms with Crippen LogP contribution in [0.4, 0.5) is 0 Å². The van der Waals surface area contributed by atoms with Crippen LogP contribution < -0.4 is 19.5 Å². The topological polar surface area (TPSA) is 56.8 Å². The van der Waals surface area contributed by atoms with Crippen LogP contribution in [0.1, 0.15) is 16.7 Å². The maximum absolute atomic E-state index is 11.9. The van der Waals surface area contributed by atoms with E-state index in [2.05, 4.69) is 11.4 Å². The zero-order chi connectivity index (χ0) is 18.2. The number of hydrogen-bond donors (Lipinski definition) is 1. The second-order valence-electron chi connectivity index (χ2n) is 5.87. The molecular weight excluding hydrogens is 318 g/mol. The maximum atomic E-state index is 11.9. The zero-order valence-electron chi connectivity index (χ0n) is 15.2. The Balaban J connectivity index is 1.70. The van der Waals surface area contributed by atoms with Crippen LogP contribution in [0.2, 0.25) is 0 Å². The van der Waals surface area contributed by atoms with Crippen molar-refractivity contribution in [3.05, 3.63) is 53.1 Å². The molecule has 0 saturated heterocycles. The SMILES string of the molecule is COc1ccc(OCCNC(=O)COc2cc(C)cc(C)c2C)cc1. The largest absolute Gasteiger partial charge is 0.497 e. The van der Waals surface area contributed by atoms with E-state index in [0.29, 0.717) is 13.2 Å². The molecule has 0 heterocycles. The van der Waals surface area contributed by atoms with E-state index in [1.165, 1.54) is 0 Å². The van der Waals surface area contributed by atoms with Gasteiger partial charge in [0.1, 0.15) is 23.9 Å². The van der Waals surface area contributed by atoms with E-state index in [-0.39, 0.29) is 12.5 Å². The second kappa shape index (κ2) is 8.97. The summed E-state index contributed by atoms with van der Waals surface area (Å²) in [6.07, 6.45) is 0. The Bertz CT molecular complexity index is 710. The highest BCUT2D eigenvalue weighted by atomic mass is 16.5. The molecule has 0 unspecified atom stereocenters. The van der Waals surface area contributed by atoms with Gasteiger partial charge in [-0.1, -0.05) is 6.07 Å². The Morgan fingerprint density at radius 3 is 2.36 bits per heavy atom. The fourth-order valence-corrected chi connectivity index (χ4v) is 2.38. The normalized spacial score (nSPS) is 10.2. The predicted molar refractivity (Wildman–Crippen MR) is 97.6 cm³/mol. The third-order valence-electron chi connectivity index (χ3n) is 3.88. The standard InChI is InChI=1S/C20H25NO4/c1-14-11-15(2)16(3)19(12-14)25-13-20(22)21-9-10-24-18-7-5-17(23-4)6-8-18/h5-8,11-12H,9-10,13H2,1-4H3,(H,21,22). The molecule has 0 aromatic heterocycles. The Kier molecular flexibility index (Phi) is 6.69. The van der Waals surface area contributed by atoms with Gasteiger partial charge < -0.3 is 19.5 Å². The minimum atomic E-state index is -0.170. The van der Waals surface area contributed by atoms with E-state index in [4.69, 9.17) is 14.2 Å². The molecule has 25 heavy (non-hydrogen) atoms. The Labute approximate surface area is 148 Å². The van der Waals surface area contributed by atoms with Gasteiger partial charge in [-0.3, -0.25) is 4.79 Å². The van der Waals surface area contributed by atoms with Crippen molar-refractivity contribution >= 4 is 5.91 Å². The van der Waals surface area contributed by atoms with Gasteiger partial charge in [-0.05, 0) is 67.8 Å². The Hall–Kier alpha value is -2.69. The minimum absolute atomic E-state index is 0.00767. The van der Waals surface area contributed by atoms with E-state index < -0.39 is 0 Å². The fraction of sp³-hybridized carbons (Fsp3) is 0.350. The van der Waals surface area contributed by atoms with Crippen molar-refractivity contribution in [1.29, 1.82) is 0 Å². The molecule has 0 atom stereocenters. The number of nitrogens with one attached hydrogen (secondary N) is 1. The molecule has 0 fully saturated rings. The van der Waals surface area contributed by atoms with Gasteiger partial charge in [0, 0.05) is 0 Å². The van der Waals surface area contributed by atoms with Crippen LogP contribution in [-0.2, 0) is 4.79 Å². The van der Waals surface area contributed by atoms with E-state index in [1.807, 2.05) is 51.1 Å². The molecule has 0 aliphatic rings. The number of amides is 1. The van der Waals surface area contributed by atoms with Gasteiger partial charge >= 0.3 is 0 Å². The van der Waals surface area contributed by atoms with E-state index in [9.17, 15) is 4.79 Å². The summed E-state index contributed by atoms with van der Waals surface area (Å²) < 4.78 is 16.3. The molecule has 5 heteroatoms. The molecule has 0 aliphatic heterocycles. The molecular formula is C20H25NO4. The molecule has 0 spiro atoms. The number of methoxy groups -OCH3 is 1. The molecule has 0 saturated carbocycles. The van der Waals surface area contributed by atoms with Crippen molar-refractivity contribution in [3.8, 4) is 17.2 Å². The van der Waals surface area contributed by atoms with Crippen molar-refractivity contribution < 1.29 is 19.0 Å². The van der Waals surface area contributed by atoms with Gasteiger partial charge in [-0.15, -0.1) is 0 Å². The van der Waals surface area contributed by atoms with Crippen molar-refractivity contribution in [3.63, 3.8) is 0 Å². The fourth-order valence-electron chi connectivity index (χ4n) is 2.38. The summed E-state index contributed by atoms with van der Waals surface area (Å²) in [6, 6.07) is 11.3. The summed E-state index contributed by atoms with van der Waals surface area (Å²) in [6.45, 7) is 6.83. The maximum Gasteiger partial charge on any atom is 0.258 e. The van der Waals surface area contributed by atoms with Gasteiger partial charge in [0.2, 0.25) is 0 Å². The lowest BCUT2D eigenvalue weighted by Gasteiger charge is -2.12. The summed E-state index contributed by atoms with van der Waals surface area (Å²) >= 11 is 0. The molecule has 1 amide bonds. The number of hydrogen-bond acceptors (Lipinski definition) is 4. The number of rotatable bonds is 8. The molecule has 2 aromatic carbocycles. The van der Waals surface area contributed by atoms with Crippen molar-refractivity contribution in [2.24, 2.45) is 0 Å². The minimum Gasteiger partial charge on any atom is -0.497 e. The first kappa shape index (κ1) is 18.6. The van der Waals surface area contributed by atoms with E-state index >= 15 is 0 Å². The van der Waals surface area contributed by atoms with Crippen LogP contribution in [-0.4, -0.2) is 32.8 Å². The van der Waals surface area contributed by atoms with Gasteiger partial charge in [-0.25, -0.2) is 0 Å². The van der Waals surface area contributed by atoms with Gasteiger partial charge in [0.15, 0.2) is 6.61 Å². The predicted octanol–water partition coefficient (Wildman–Crippen LogP) is 3.19. The van der Waals surface area contributed by atoms with E-state index in [0.717, 1.165) is 33.9 Å². The number of aryl methyl sites for hydroxylation is 2. The summed E-state index contributed by atoms with van der Waals surface area (Å²) in [5.41, 5.74) is 3.33. The molecule has 5 nitrogen and oxygen atoms in total. The number of carbonyl (C=O) groups is 1. The first-order valence-electron chi connectivity index (χ1n) is 8.24. The van der Waals surface area contributed by atoms with E-state index in [1.54, 1.807) is 7.11 Å². The number of benzene rings is 2. The Morgan fingerprint density at radius 2 is 1.68 bits per heavy atom. The lowest BCUT2D eigenvalue weighted by molar-refractivity contribution is -0.123. The molecule has 0 bridgehead atoms. The number of carbonyl (C=O) groups excluding carboxylic acids is 1. The highest BCUT2D eigenvalue weighted by molar-refractivity contribution is 5.77. The van der Waals surface area contributed by atoms with Crippen LogP contribution in [0.5, 0.6) is 17.2 Å². The molecule has 2 aromatic rings. The molecule has 2 rings (SSSR count). The highest BCUT2D eigenvalue weighted by Crippen LogP contribution is 2.23. The third-order valence-corrected chi connectivity index (χ3v) is 3.88. The molecule has 1 N–H and O–H groups in total. The first-order chi connectivity index (χ1) is 12.0. The summed E-state index contributed by atoms with van der Waals surface area (Å²) in [4.78, 5) is 11.9. The van der Waals surface area contributed by atoms with Crippen LogP contribution in [0, 0.1) is 20.8 Å². The average molecular weight is 343 g/mol. The zero-order valence-corrected chi connectivity index (χ0v) is 15.2. The van der Waals surface area contributed by atoms with Crippen LogP contribution in [0.3, 0.4) is 0 Å². The highest BCUT2D eigenvalue weighted by Gasteiger charge is 2.07. The van der Waals surface area contributed by atoms with Crippen LogP contribution >= 0.6 is 0 Å².